The summed E-state index contributed by atoms with van der Waals surface area (Å²) in [4.78, 5) is 9.69. The Morgan fingerprint density at radius 1 is 1.53 bits per heavy atom. The van der Waals surface area contributed by atoms with E-state index in [-0.39, 0.29) is 13.0 Å². The second-order valence-corrected chi connectivity index (χ2v) is 6.50. The highest BCUT2D eigenvalue weighted by molar-refractivity contribution is 9.10. The van der Waals surface area contributed by atoms with E-state index in [1.165, 1.54) is 12.1 Å². The third-order valence-electron chi connectivity index (χ3n) is 2.33. The van der Waals surface area contributed by atoms with Crippen LogP contribution in [0.3, 0.4) is 0 Å². The fraction of sp³-hybridized carbons (Fsp3) is 0.400. The predicted molar refractivity (Wildman–Crippen MR) is 72.3 cm³/mol. The predicted octanol–water partition coefficient (Wildman–Crippen LogP) is 1.41. The summed E-state index contributed by atoms with van der Waals surface area (Å²) in [6.45, 7) is 1.39. The van der Waals surface area contributed by atoms with Gasteiger partial charge in [0.25, 0.3) is 5.69 Å². The molecule has 0 spiro atoms. The van der Waals surface area contributed by atoms with Crippen molar-refractivity contribution in [2.24, 2.45) is 0 Å². The fourth-order valence-corrected chi connectivity index (χ4v) is 3.42. The number of benzene rings is 1. The van der Waals surface area contributed by atoms with Gasteiger partial charge in [0.15, 0.2) is 4.90 Å². The van der Waals surface area contributed by atoms with Gasteiger partial charge in [0.1, 0.15) is 0 Å². The van der Waals surface area contributed by atoms with Gasteiger partial charge in [0.2, 0.25) is 10.0 Å². The minimum absolute atomic E-state index is 0.176. The number of nitro benzene ring substituents is 1. The number of aliphatic hydroxyl groups is 1. The van der Waals surface area contributed by atoms with Gasteiger partial charge in [0.05, 0.1) is 4.92 Å². The monoisotopic (exact) mass is 352 g/mol. The molecule has 0 bridgehead atoms. The summed E-state index contributed by atoms with van der Waals surface area (Å²) in [5.41, 5.74) is -0.494. The quantitative estimate of drug-likeness (QED) is 0.594. The van der Waals surface area contributed by atoms with E-state index in [9.17, 15) is 18.5 Å². The molecule has 0 aliphatic carbocycles. The highest BCUT2D eigenvalue weighted by Crippen LogP contribution is 2.27. The molecular formula is C10H13BrN2O5S. The Balaban J connectivity index is 3.20. The molecule has 1 rings (SSSR count). The van der Waals surface area contributed by atoms with Crippen LogP contribution in [0.5, 0.6) is 0 Å². The minimum atomic E-state index is -4.01. The topological polar surface area (TPSA) is 110 Å². The van der Waals surface area contributed by atoms with E-state index in [1.807, 2.05) is 0 Å². The number of sulfonamides is 1. The van der Waals surface area contributed by atoms with E-state index < -0.39 is 31.6 Å². The van der Waals surface area contributed by atoms with Gasteiger partial charge in [-0.15, -0.1) is 0 Å². The summed E-state index contributed by atoms with van der Waals surface area (Å²) < 4.78 is 26.9. The van der Waals surface area contributed by atoms with Crippen LogP contribution < -0.4 is 4.72 Å². The molecular weight excluding hydrogens is 340 g/mol. The van der Waals surface area contributed by atoms with Crippen LogP contribution in [-0.2, 0) is 10.0 Å². The summed E-state index contributed by atoms with van der Waals surface area (Å²) in [6.07, 6.45) is 0.223. The Kier molecular flexibility index (Phi) is 5.41. The van der Waals surface area contributed by atoms with Crippen LogP contribution in [0.25, 0.3) is 0 Å². The number of hydrogen-bond acceptors (Lipinski definition) is 5. The molecule has 0 heterocycles. The molecule has 0 amide bonds. The summed E-state index contributed by atoms with van der Waals surface area (Å²) in [6, 6.07) is 3.17. The first kappa shape index (κ1) is 16.0. The average Bonchev–Trinajstić information content (AvgIpc) is 2.27. The third kappa shape index (κ3) is 4.23. The molecule has 1 unspecified atom stereocenters. The van der Waals surface area contributed by atoms with Crippen molar-refractivity contribution in [2.75, 3.05) is 6.61 Å². The van der Waals surface area contributed by atoms with Crippen LogP contribution >= 0.6 is 15.9 Å². The molecule has 19 heavy (non-hydrogen) atoms. The van der Waals surface area contributed by atoms with Crippen LogP contribution in [0.2, 0.25) is 0 Å². The van der Waals surface area contributed by atoms with Crippen LogP contribution in [0.15, 0.2) is 27.6 Å². The Bertz CT molecular complexity index is 575. The molecule has 7 nitrogen and oxygen atoms in total. The lowest BCUT2D eigenvalue weighted by molar-refractivity contribution is -0.387. The Hall–Kier alpha value is -1.03. The molecule has 9 heteroatoms. The van der Waals surface area contributed by atoms with Crippen molar-refractivity contribution in [1.82, 2.24) is 4.72 Å². The molecule has 1 atom stereocenters. The number of rotatable bonds is 6. The Morgan fingerprint density at radius 2 is 2.16 bits per heavy atom. The average molecular weight is 353 g/mol. The number of hydrogen-bond donors (Lipinski definition) is 2. The molecule has 1 aromatic rings. The molecule has 2 N–H and O–H groups in total. The largest absolute Gasteiger partial charge is 0.396 e. The maximum Gasteiger partial charge on any atom is 0.289 e. The minimum Gasteiger partial charge on any atom is -0.396 e. The maximum absolute atomic E-state index is 12.1. The van der Waals surface area contributed by atoms with Gasteiger partial charge in [-0.25, -0.2) is 13.1 Å². The standard InChI is InChI=1S/C10H13BrN2O5S/c1-7(4-5-14)12-19(17,18)10-6-8(11)2-3-9(10)13(15)16/h2-3,6-7,12,14H,4-5H2,1H3. The first-order valence-electron chi connectivity index (χ1n) is 5.35. The van der Waals surface area contributed by atoms with E-state index in [1.54, 1.807) is 6.92 Å². The normalized spacial score (nSPS) is 13.2. The zero-order valence-corrected chi connectivity index (χ0v) is 12.4. The van der Waals surface area contributed by atoms with Gasteiger partial charge in [-0.2, -0.15) is 0 Å². The van der Waals surface area contributed by atoms with Crippen molar-refractivity contribution in [2.45, 2.75) is 24.3 Å². The van der Waals surface area contributed by atoms with Gasteiger partial charge < -0.3 is 5.11 Å². The highest BCUT2D eigenvalue weighted by Gasteiger charge is 2.27. The number of aliphatic hydroxyl groups excluding tert-OH is 1. The van der Waals surface area contributed by atoms with Gasteiger partial charge in [-0.3, -0.25) is 10.1 Å². The molecule has 0 saturated heterocycles. The molecule has 106 valence electrons. The Labute approximate surface area is 119 Å². The van der Waals surface area contributed by atoms with Crippen molar-refractivity contribution in [3.05, 3.63) is 32.8 Å². The maximum atomic E-state index is 12.1. The lowest BCUT2D eigenvalue weighted by Gasteiger charge is -2.13. The first-order chi connectivity index (χ1) is 8.77. The number of nitrogens with zero attached hydrogens (tertiary/aromatic N) is 1. The van der Waals surface area contributed by atoms with Gasteiger partial charge in [-0.1, -0.05) is 15.9 Å². The van der Waals surface area contributed by atoms with E-state index in [0.29, 0.717) is 4.47 Å². The molecule has 0 fully saturated rings. The summed E-state index contributed by atoms with van der Waals surface area (Å²) in [5.74, 6) is 0. The zero-order chi connectivity index (χ0) is 14.6. The van der Waals surface area contributed by atoms with Crippen LogP contribution in [0, 0.1) is 10.1 Å². The van der Waals surface area contributed by atoms with Crippen LogP contribution in [0.4, 0.5) is 5.69 Å². The van der Waals surface area contributed by atoms with E-state index in [2.05, 4.69) is 20.7 Å². The molecule has 0 radical (unpaired) electrons. The van der Waals surface area contributed by atoms with Gasteiger partial charge in [-0.05, 0) is 25.5 Å². The molecule has 0 saturated carbocycles. The van der Waals surface area contributed by atoms with Crippen LogP contribution in [-0.4, -0.2) is 31.1 Å². The van der Waals surface area contributed by atoms with Crippen molar-refractivity contribution in [3.63, 3.8) is 0 Å². The molecule has 1 aromatic carbocycles. The van der Waals surface area contributed by atoms with E-state index in [4.69, 9.17) is 5.11 Å². The fourth-order valence-electron chi connectivity index (χ4n) is 1.43. The lowest BCUT2D eigenvalue weighted by Crippen LogP contribution is -2.33. The summed E-state index contributed by atoms with van der Waals surface area (Å²) in [7, 11) is -4.01. The SMILES string of the molecule is CC(CCO)NS(=O)(=O)c1cc(Br)ccc1[N+](=O)[O-]. The Morgan fingerprint density at radius 3 is 2.68 bits per heavy atom. The molecule has 0 aliphatic heterocycles. The van der Waals surface area contributed by atoms with Gasteiger partial charge in [0, 0.05) is 23.2 Å². The number of halogens is 1. The van der Waals surface area contributed by atoms with Crippen molar-refractivity contribution in [1.29, 1.82) is 0 Å². The van der Waals surface area contributed by atoms with E-state index in [0.717, 1.165) is 6.07 Å². The van der Waals surface area contributed by atoms with Crippen molar-refractivity contribution >= 4 is 31.6 Å². The second kappa shape index (κ2) is 6.42. The summed E-state index contributed by atoms with van der Waals surface area (Å²) in [5, 5.41) is 19.6. The lowest BCUT2D eigenvalue weighted by atomic mass is 10.3. The number of nitrogens with one attached hydrogen (secondary N) is 1. The van der Waals surface area contributed by atoms with Crippen LogP contribution in [0.1, 0.15) is 13.3 Å². The summed E-state index contributed by atoms with van der Waals surface area (Å²) >= 11 is 3.08. The first-order valence-corrected chi connectivity index (χ1v) is 7.62. The second-order valence-electron chi connectivity index (χ2n) is 3.90. The number of nitro groups is 1. The molecule has 0 aliphatic rings. The van der Waals surface area contributed by atoms with E-state index >= 15 is 0 Å². The molecule has 0 aromatic heterocycles. The van der Waals surface area contributed by atoms with Crippen molar-refractivity contribution < 1.29 is 18.4 Å². The highest BCUT2D eigenvalue weighted by atomic mass is 79.9. The van der Waals surface area contributed by atoms with Gasteiger partial charge >= 0.3 is 0 Å². The zero-order valence-electron chi connectivity index (χ0n) is 10.0. The smallest absolute Gasteiger partial charge is 0.289 e. The van der Waals surface area contributed by atoms with Crippen molar-refractivity contribution in [3.8, 4) is 0 Å². The third-order valence-corrected chi connectivity index (χ3v) is 4.44.